The van der Waals surface area contributed by atoms with Gasteiger partial charge in [-0.05, 0) is 19.9 Å². The van der Waals surface area contributed by atoms with Crippen LogP contribution in [-0.2, 0) is 6.54 Å². The molecule has 0 spiro atoms. The summed E-state index contributed by atoms with van der Waals surface area (Å²) in [5.41, 5.74) is 6.90. The van der Waals surface area contributed by atoms with Crippen molar-refractivity contribution < 1.29 is 4.74 Å². The minimum absolute atomic E-state index is 0.0487. The van der Waals surface area contributed by atoms with Crippen LogP contribution in [0.25, 0.3) is 0 Å². The van der Waals surface area contributed by atoms with Crippen LogP contribution in [-0.4, -0.2) is 9.78 Å². The standard InChI is InChI=1S/C13H17N3O/c1-3-16-9-11(8-15-16)17-13-7-5-4-6-12(13)10(2)14/h4-10H,3,14H2,1-2H3/t10-/m0/s1. The zero-order valence-electron chi connectivity index (χ0n) is 10.1. The molecule has 0 unspecified atom stereocenters. The van der Waals surface area contributed by atoms with E-state index in [0.29, 0.717) is 0 Å². The highest BCUT2D eigenvalue weighted by Crippen LogP contribution is 2.28. The fraction of sp³-hybridized carbons (Fsp3) is 0.308. The molecule has 4 heteroatoms. The van der Waals surface area contributed by atoms with Gasteiger partial charge >= 0.3 is 0 Å². The number of aryl methyl sites for hydroxylation is 1. The molecule has 0 saturated heterocycles. The Hall–Kier alpha value is -1.81. The van der Waals surface area contributed by atoms with Crippen LogP contribution in [0.5, 0.6) is 11.5 Å². The molecule has 0 aliphatic heterocycles. The maximum Gasteiger partial charge on any atom is 0.165 e. The molecule has 17 heavy (non-hydrogen) atoms. The smallest absolute Gasteiger partial charge is 0.165 e. The monoisotopic (exact) mass is 231 g/mol. The van der Waals surface area contributed by atoms with E-state index in [-0.39, 0.29) is 6.04 Å². The molecule has 0 aliphatic rings. The molecule has 1 heterocycles. The molecule has 0 saturated carbocycles. The van der Waals surface area contributed by atoms with E-state index < -0.39 is 0 Å². The first kappa shape index (κ1) is 11.7. The Morgan fingerprint density at radius 3 is 2.82 bits per heavy atom. The second kappa shape index (κ2) is 5.01. The van der Waals surface area contributed by atoms with Crippen LogP contribution in [0.4, 0.5) is 0 Å². The van der Waals surface area contributed by atoms with Crippen LogP contribution in [0.15, 0.2) is 36.7 Å². The first-order chi connectivity index (χ1) is 8.20. The van der Waals surface area contributed by atoms with E-state index in [9.17, 15) is 0 Å². The zero-order valence-corrected chi connectivity index (χ0v) is 10.1. The summed E-state index contributed by atoms with van der Waals surface area (Å²) in [6.45, 7) is 4.81. The molecule has 90 valence electrons. The Balaban J connectivity index is 2.23. The van der Waals surface area contributed by atoms with Gasteiger partial charge in [0.05, 0.1) is 12.4 Å². The minimum Gasteiger partial charge on any atom is -0.454 e. The lowest BCUT2D eigenvalue weighted by atomic mass is 10.1. The molecule has 2 N–H and O–H groups in total. The number of hydrogen-bond donors (Lipinski definition) is 1. The normalized spacial score (nSPS) is 12.4. The van der Waals surface area contributed by atoms with Gasteiger partial charge in [0.1, 0.15) is 5.75 Å². The van der Waals surface area contributed by atoms with Crippen LogP contribution in [0.2, 0.25) is 0 Å². The van der Waals surface area contributed by atoms with Crippen LogP contribution < -0.4 is 10.5 Å². The maximum atomic E-state index is 5.90. The average Bonchev–Trinajstić information content (AvgIpc) is 2.77. The lowest BCUT2D eigenvalue weighted by molar-refractivity contribution is 0.471. The van der Waals surface area contributed by atoms with Gasteiger partial charge in [0, 0.05) is 18.2 Å². The third-order valence-corrected chi connectivity index (χ3v) is 2.57. The van der Waals surface area contributed by atoms with Crippen molar-refractivity contribution in [1.29, 1.82) is 0 Å². The molecule has 1 aromatic carbocycles. The van der Waals surface area contributed by atoms with Gasteiger partial charge in [-0.3, -0.25) is 4.68 Å². The fourth-order valence-corrected chi connectivity index (χ4v) is 1.65. The topological polar surface area (TPSA) is 53.1 Å². The minimum atomic E-state index is -0.0487. The molecule has 0 fully saturated rings. The van der Waals surface area contributed by atoms with Gasteiger partial charge < -0.3 is 10.5 Å². The summed E-state index contributed by atoms with van der Waals surface area (Å²) in [6.07, 6.45) is 3.58. The summed E-state index contributed by atoms with van der Waals surface area (Å²) in [4.78, 5) is 0. The number of aromatic nitrogens is 2. The summed E-state index contributed by atoms with van der Waals surface area (Å²) in [5.74, 6) is 1.53. The molecule has 2 aromatic rings. The second-order valence-corrected chi connectivity index (χ2v) is 3.96. The van der Waals surface area contributed by atoms with Crippen molar-refractivity contribution >= 4 is 0 Å². The molecule has 0 amide bonds. The Labute approximate surface area is 101 Å². The Morgan fingerprint density at radius 1 is 1.41 bits per heavy atom. The van der Waals surface area contributed by atoms with E-state index in [1.54, 1.807) is 6.20 Å². The lowest BCUT2D eigenvalue weighted by Gasteiger charge is -2.12. The molecule has 0 bridgehead atoms. The van der Waals surface area contributed by atoms with Gasteiger partial charge in [0.15, 0.2) is 5.75 Å². The van der Waals surface area contributed by atoms with Crippen molar-refractivity contribution in [1.82, 2.24) is 9.78 Å². The summed E-state index contributed by atoms with van der Waals surface area (Å²) in [7, 11) is 0. The summed E-state index contributed by atoms with van der Waals surface area (Å²) in [6, 6.07) is 7.74. The molecule has 1 atom stereocenters. The van der Waals surface area contributed by atoms with E-state index in [4.69, 9.17) is 10.5 Å². The van der Waals surface area contributed by atoms with Crippen molar-refractivity contribution in [2.45, 2.75) is 26.4 Å². The second-order valence-electron chi connectivity index (χ2n) is 3.96. The van der Waals surface area contributed by atoms with Gasteiger partial charge in [-0.15, -0.1) is 0 Å². The van der Waals surface area contributed by atoms with Crippen molar-refractivity contribution in [3.8, 4) is 11.5 Å². The van der Waals surface area contributed by atoms with Gasteiger partial charge in [0.25, 0.3) is 0 Å². The Kier molecular flexibility index (Phi) is 3.44. The first-order valence-electron chi connectivity index (χ1n) is 5.75. The van der Waals surface area contributed by atoms with Gasteiger partial charge in [-0.25, -0.2) is 0 Å². The SMILES string of the molecule is CCn1cc(Oc2ccccc2[C@H](C)N)cn1. The largest absolute Gasteiger partial charge is 0.454 e. The van der Waals surface area contributed by atoms with E-state index in [2.05, 4.69) is 5.10 Å². The van der Waals surface area contributed by atoms with Crippen molar-refractivity contribution in [3.63, 3.8) is 0 Å². The molecular formula is C13H17N3O. The van der Waals surface area contributed by atoms with Crippen LogP contribution in [0, 0.1) is 0 Å². The van der Waals surface area contributed by atoms with E-state index in [1.165, 1.54) is 0 Å². The molecule has 2 rings (SSSR count). The summed E-state index contributed by atoms with van der Waals surface area (Å²) >= 11 is 0. The molecule has 0 radical (unpaired) electrons. The predicted octanol–water partition coefficient (Wildman–Crippen LogP) is 2.71. The predicted molar refractivity (Wildman–Crippen MR) is 67.0 cm³/mol. The van der Waals surface area contributed by atoms with E-state index in [1.807, 2.05) is 49.0 Å². The number of nitrogens with zero attached hydrogens (tertiary/aromatic N) is 2. The molecule has 1 aromatic heterocycles. The number of para-hydroxylation sites is 1. The number of ether oxygens (including phenoxy) is 1. The third kappa shape index (κ3) is 2.65. The summed E-state index contributed by atoms with van der Waals surface area (Å²) < 4.78 is 7.61. The Morgan fingerprint density at radius 2 is 2.18 bits per heavy atom. The van der Waals surface area contributed by atoms with Crippen LogP contribution in [0.3, 0.4) is 0 Å². The quantitative estimate of drug-likeness (QED) is 0.880. The first-order valence-corrected chi connectivity index (χ1v) is 5.75. The number of rotatable bonds is 4. The Bertz CT molecular complexity index is 491. The van der Waals surface area contributed by atoms with Crippen LogP contribution >= 0.6 is 0 Å². The number of benzene rings is 1. The molecular weight excluding hydrogens is 214 g/mol. The van der Waals surface area contributed by atoms with Crippen molar-refractivity contribution in [2.24, 2.45) is 5.73 Å². The zero-order chi connectivity index (χ0) is 12.3. The highest BCUT2D eigenvalue weighted by atomic mass is 16.5. The number of hydrogen-bond acceptors (Lipinski definition) is 3. The maximum absolute atomic E-state index is 5.90. The lowest BCUT2D eigenvalue weighted by Crippen LogP contribution is -2.06. The molecule has 0 aliphatic carbocycles. The highest BCUT2D eigenvalue weighted by molar-refractivity contribution is 5.38. The van der Waals surface area contributed by atoms with Crippen LogP contribution in [0.1, 0.15) is 25.5 Å². The van der Waals surface area contributed by atoms with E-state index >= 15 is 0 Å². The van der Waals surface area contributed by atoms with E-state index in [0.717, 1.165) is 23.6 Å². The highest BCUT2D eigenvalue weighted by Gasteiger charge is 2.08. The van der Waals surface area contributed by atoms with Gasteiger partial charge in [-0.2, -0.15) is 5.10 Å². The number of nitrogens with two attached hydrogens (primary N) is 1. The third-order valence-electron chi connectivity index (χ3n) is 2.57. The fourth-order valence-electron chi connectivity index (χ4n) is 1.65. The molecule has 4 nitrogen and oxygen atoms in total. The van der Waals surface area contributed by atoms with Crippen molar-refractivity contribution in [3.05, 3.63) is 42.2 Å². The summed E-state index contributed by atoms with van der Waals surface area (Å²) in [5, 5.41) is 4.17. The van der Waals surface area contributed by atoms with Gasteiger partial charge in [-0.1, -0.05) is 18.2 Å². The average molecular weight is 231 g/mol. The van der Waals surface area contributed by atoms with Crippen molar-refractivity contribution in [2.75, 3.05) is 0 Å². The van der Waals surface area contributed by atoms with Gasteiger partial charge in [0.2, 0.25) is 0 Å².